The molecule has 62 valence electrons. The molecule has 0 radical (unpaired) electrons. The van der Waals surface area contributed by atoms with Crippen molar-refractivity contribution in [3.8, 4) is 0 Å². The third-order valence-electron chi connectivity index (χ3n) is 0. The van der Waals surface area contributed by atoms with E-state index in [2.05, 4.69) is 0 Å². The van der Waals surface area contributed by atoms with Crippen molar-refractivity contribution in [1.82, 2.24) is 0 Å². The largest absolute Gasteiger partial charge is 3.00 e. The van der Waals surface area contributed by atoms with Crippen molar-refractivity contribution < 1.29 is 31.8 Å². The minimum atomic E-state index is -1.33. The third kappa shape index (κ3) is 1630. The van der Waals surface area contributed by atoms with Crippen LogP contribution >= 0.6 is 0 Å². The second-order valence-corrected chi connectivity index (χ2v) is 0.329. The maximum Gasteiger partial charge on any atom is 3.00 e. The molecule has 7 nitrogen and oxygen atoms in total. The molecule has 0 fully saturated rings. The molecule has 0 aromatic rings. The van der Waals surface area contributed by atoms with Crippen LogP contribution < -0.4 is 0 Å². The first-order valence-electron chi connectivity index (χ1n) is 0.704. The Bertz CT molecular complexity index is 38.8. The number of rotatable bonds is 0. The van der Waals surface area contributed by atoms with Gasteiger partial charge < -0.3 is 34.8 Å². The van der Waals surface area contributed by atoms with Crippen LogP contribution in [0.15, 0.2) is 0 Å². The fourth-order valence-electron chi connectivity index (χ4n) is 0. The number of hydrogen-bond donors (Lipinski definition) is 0. The zero-order chi connectivity index (χ0) is 3.58. The Labute approximate surface area is 63.4 Å². The van der Waals surface area contributed by atoms with E-state index >= 15 is 0 Å². The molecule has 0 bridgehead atoms. The second-order valence-electron chi connectivity index (χ2n) is 0.329. The van der Waals surface area contributed by atoms with Crippen molar-refractivity contribution in [3.05, 3.63) is 24.6 Å². The van der Waals surface area contributed by atoms with Crippen LogP contribution in [0.5, 0.6) is 0 Å². The van der Waals surface area contributed by atoms with Crippen molar-refractivity contribution in [2.75, 3.05) is 0 Å². The molecular formula is CH12CoN4O3+. The second kappa shape index (κ2) is 48.7. The van der Waals surface area contributed by atoms with Gasteiger partial charge in [0, 0.05) is 0 Å². The van der Waals surface area contributed by atoms with E-state index in [1.807, 2.05) is 0 Å². The van der Waals surface area contributed by atoms with E-state index in [-0.39, 0.29) is 41.4 Å². The molecule has 0 unspecified atom stereocenters. The van der Waals surface area contributed by atoms with E-state index in [4.69, 9.17) is 15.0 Å². The Morgan fingerprint density at radius 2 is 0.889 bits per heavy atom. The standard InChI is InChI=1S/CH2O3.Co.4H2N/c2-1(3)4;;;;;/h(H2,2,3,4);;4*1H2/q;+3;4*-1/p+2. The van der Waals surface area contributed by atoms with Crippen molar-refractivity contribution in [2.45, 2.75) is 0 Å². The molecule has 0 saturated heterocycles. The van der Waals surface area contributed by atoms with Gasteiger partial charge in [-0.2, -0.15) is 0 Å². The van der Waals surface area contributed by atoms with Gasteiger partial charge in [-0.3, -0.25) is 0 Å². The van der Waals surface area contributed by atoms with Gasteiger partial charge >= 0.3 is 22.9 Å². The monoisotopic (exact) mass is 187 g/mol. The Kier molecular flexibility index (Phi) is 395. The zero-order valence-electron chi connectivity index (χ0n) is 4.55. The Hall–Kier alpha value is -0.384. The molecule has 0 amide bonds. The first-order valence-corrected chi connectivity index (χ1v) is 0.704. The van der Waals surface area contributed by atoms with E-state index in [1.54, 1.807) is 0 Å². The summed E-state index contributed by atoms with van der Waals surface area (Å²) in [6.07, 6.45) is -1.33. The number of carbonyl (C=O) groups is 1. The molecule has 0 rings (SSSR count). The van der Waals surface area contributed by atoms with E-state index in [9.17, 15) is 0 Å². The average molecular weight is 187 g/mol. The van der Waals surface area contributed by atoms with Gasteiger partial charge in [0.05, 0.1) is 0 Å². The minimum Gasteiger partial charge on any atom is -0.693 e. The normalized spacial score (nSPS) is 2.67. The van der Waals surface area contributed by atoms with Crippen molar-refractivity contribution in [2.24, 2.45) is 0 Å². The van der Waals surface area contributed by atoms with Crippen LogP contribution in [-0.4, -0.2) is 16.4 Å². The first kappa shape index (κ1) is 73.0. The van der Waals surface area contributed by atoms with E-state index < -0.39 is 6.16 Å². The van der Waals surface area contributed by atoms with Crippen LogP contribution in [0.1, 0.15) is 0 Å². The molecule has 0 aromatic carbocycles. The molecule has 0 aliphatic carbocycles. The summed E-state index contributed by atoms with van der Waals surface area (Å²) in [6.45, 7) is 0. The van der Waals surface area contributed by atoms with Gasteiger partial charge in [0.1, 0.15) is 0 Å². The molecule has 0 aliphatic heterocycles. The Morgan fingerprint density at radius 3 is 0.889 bits per heavy atom. The molecule has 0 aliphatic rings. The van der Waals surface area contributed by atoms with Crippen molar-refractivity contribution in [3.63, 3.8) is 0 Å². The topological polar surface area (TPSA) is 197 Å². The predicted molar refractivity (Wildman–Crippen MR) is 33.8 cm³/mol. The van der Waals surface area contributed by atoms with Crippen LogP contribution in [0.25, 0.3) is 24.6 Å². The van der Waals surface area contributed by atoms with Crippen LogP contribution in [0.4, 0.5) is 4.79 Å². The number of nitrogens with two attached hydrogens (primary N) is 4. The maximum absolute atomic E-state index is 8.78. The van der Waals surface area contributed by atoms with Crippen molar-refractivity contribution >= 4 is 6.16 Å². The van der Waals surface area contributed by atoms with E-state index in [1.165, 1.54) is 0 Å². The summed E-state index contributed by atoms with van der Waals surface area (Å²) in [6, 6.07) is 0. The fourth-order valence-corrected chi connectivity index (χ4v) is 0. The SMILES string of the molecule is O=C([OH2+])[OH2+].[Co+3].[NH2-].[NH2-].[NH2-].[NH2-]. The van der Waals surface area contributed by atoms with Gasteiger partial charge in [0.25, 0.3) is 0 Å². The van der Waals surface area contributed by atoms with Crippen LogP contribution in [-0.2, 0) is 16.8 Å². The van der Waals surface area contributed by atoms with E-state index in [0.717, 1.165) is 0 Å². The summed E-state index contributed by atoms with van der Waals surface area (Å²) in [7, 11) is 0. The molecule has 0 aromatic heterocycles. The average Bonchev–Trinajstić information content (AvgIpc) is 0.811. The van der Waals surface area contributed by atoms with Crippen LogP contribution in [0.3, 0.4) is 0 Å². The molecule has 12 N–H and O–H groups in total. The predicted octanol–water partition coefficient (Wildman–Crippen LogP) is 1.42. The molecule has 8 heteroatoms. The Balaban J connectivity index is -0.00000000450. The number of carbonyl (C=O) groups excluding carboxylic acids is 1. The summed E-state index contributed by atoms with van der Waals surface area (Å²) >= 11 is 0. The van der Waals surface area contributed by atoms with Gasteiger partial charge in [0.15, 0.2) is 0 Å². The van der Waals surface area contributed by atoms with Crippen LogP contribution in [0, 0.1) is 0 Å². The third-order valence-corrected chi connectivity index (χ3v) is 0. The van der Waals surface area contributed by atoms with Crippen molar-refractivity contribution in [1.29, 1.82) is 0 Å². The first-order chi connectivity index (χ1) is 1.73. The quantitative estimate of drug-likeness (QED) is 0.507. The molecule has 0 atom stereocenters. The van der Waals surface area contributed by atoms with Gasteiger partial charge in [-0.15, -0.1) is 0 Å². The molecule has 9 heavy (non-hydrogen) atoms. The van der Waals surface area contributed by atoms with Crippen LogP contribution in [0.2, 0.25) is 0 Å². The summed E-state index contributed by atoms with van der Waals surface area (Å²) in [4.78, 5) is 8.78. The maximum atomic E-state index is 8.78. The summed E-state index contributed by atoms with van der Waals surface area (Å²) in [5.74, 6) is 0. The molecule has 0 spiro atoms. The van der Waals surface area contributed by atoms with Gasteiger partial charge in [-0.05, 0) is 0 Å². The van der Waals surface area contributed by atoms with Gasteiger partial charge in [-0.1, -0.05) is 0 Å². The number of hydrogen-bond acceptors (Lipinski definition) is 1. The summed E-state index contributed by atoms with van der Waals surface area (Å²) in [5.41, 5.74) is 0. The zero-order valence-corrected chi connectivity index (χ0v) is 5.59. The molecule has 0 saturated carbocycles. The fraction of sp³-hybridized carbons (Fsp3) is 0. The molecular weight excluding hydrogens is 175 g/mol. The summed E-state index contributed by atoms with van der Waals surface area (Å²) in [5, 5.41) is 11.2. The summed E-state index contributed by atoms with van der Waals surface area (Å²) < 4.78 is 0. The Morgan fingerprint density at radius 1 is 0.889 bits per heavy atom. The van der Waals surface area contributed by atoms with Gasteiger partial charge in [0.2, 0.25) is 4.79 Å². The van der Waals surface area contributed by atoms with E-state index in [0.29, 0.717) is 0 Å². The van der Waals surface area contributed by atoms with Gasteiger partial charge in [-0.25, -0.2) is 0 Å². The minimum absolute atomic E-state index is 0. The smallest absolute Gasteiger partial charge is 0.693 e. The molecule has 0 heterocycles.